The van der Waals surface area contributed by atoms with Crippen molar-refractivity contribution in [2.24, 2.45) is 0 Å². The zero-order valence-corrected chi connectivity index (χ0v) is 21.1. The molecule has 0 saturated heterocycles. The van der Waals surface area contributed by atoms with E-state index in [0.29, 0.717) is 12.2 Å². The van der Waals surface area contributed by atoms with Crippen LogP contribution in [0.3, 0.4) is 0 Å². The average Bonchev–Trinajstić information content (AvgIpc) is 2.82. The predicted molar refractivity (Wildman–Crippen MR) is 143 cm³/mol. The van der Waals surface area contributed by atoms with Crippen LogP contribution in [0.1, 0.15) is 64.3 Å². The summed E-state index contributed by atoms with van der Waals surface area (Å²) < 4.78 is 0. The zero-order valence-electron chi connectivity index (χ0n) is 21.1. The molecule has 1 atom stereocenters. The molecule has 0 bridgehead atoms. The van der Waals surface area contributed by atoms with Crippen LogP contribution in [0.5, 0.6) is 17.2 Å². The predicted octanol–water partition coefficient (Wildman–Crippen LogP) is 7.43. The Hall–Kier alpha value is -3.72. The number of aryl methyl sites for hydroxylation is 3. The highest BCUT2D eigenvalue weighted by Crippen LogP contribution is 2.40. The molecule has 4 aromatic rings. The summed E-state index contributed by atoms with van der Waals surface area (Å²) >= 11 is 0. The summed E-state index contributed by atoms with van der Waals surface area (Å²) in [6.07, 6.45) is 0.580. The van der Waals surface area contributed by atoms with Crippen molar-refractivity contribution in [3.8, 4) is 17.2 Å². The van der Waals surface area contributed by atoms with E-state index in [1.54, 1.807) is 18.2 Å². The number of hydrogen-bond acceptors (Lipinski definition) is 3. The van der Waals surface area contributed by atoms with Crippen molar-refractivity contribution in [3.63, 3.8) is 0 Å². The third-order valence-electron chi connectivity index (χ3n) is 7.40. The topological polar surface area (TPSA) is 60.7 Å². The number of phenols is 3. The van der Waals surface area contributed by atoms with Crippen LogP contribution in [0.25, 0.3) is 0 Å². The maximum absolute atomic E-state index is 10.8. The second kappa shape index (κ2) is 9.50. The minimum absolute atomic E-state index is 0.115. The summed E-state index contributed by atoms with van der Waals surface area (Å²) in [4.78, 5) is 0. The van der Waals surface area contributed by atoms with Gasteiger partial charge in [-0.2, -0.15) is 0 Å². The number of phenolic OH excluding ortho intramolecular Hbond substituents is 3. The molecule has 0 spiro atoms. The molecule has 3 heteroatoms. The van der Waals surface area contributed by atoms with Gasteiger partial charge in [0.2, 0.25) is 0 Å². The van der Waals surface area contributed by atoms with E-state index in [9.17, 15) is 15.3 Å². The molecule has 0 heterocycles. The smallest absolute Gasteiger partial charge is 0.119 e. The standard InChI is InChI=1S/C32H34O3/c1-20-8-6-10-29(34)26(20)19-27(31-21(2)9-7-11-30(31)35)23-12-14-24(15-13-23)32(4,5)25-16-17-28(33)22(3)18-25/h6-18,27,33-35H,19H2,1-5H3. The van der Waals surface area contributed by atoms with Crippen LogP contribution in [0, 0.1) is 20.8 Å². The Morgan fingerprint density at radius 1 is 0.629 bits per heavy atom. The highest BCUT2D eigenvalue weighted by Gasteiger charge is 2.26. The second-order valence-electron chi connectivity index (χ2n) is 10.1. The van der Waals surface area contributed by atoms with Crippen LogP contribution in [0.15, 0.2) is 78.9 Å². The van der Waals surface area contributed by atoms with E-state index in [2.05, 4.69) is 38.1 Å². The molecule has 3 nitrogen and oxygen atoms in total. The van der Waals surface area contributed by atoms with E-state index in [-0.39, 0.29) is 22.8 Å². The maximum atomic E-state index is 10.8. The van der Waals surface area contributed by atoms with Gasteiger partial charge in [-0.3, -0.25) is 0 Å². The summed E-state index contributed by atoms with van der Waals surface area (Å²) in [6.45, 7) is 10.3. The Morgan fingerprint density at radius 3 is 1.83 bits per heavy atom. The average molecular weight is 467 g/mol. The first-order valence-corrected chi connectivity index (χ1v) is 12.1. The van der Waals surface area contributed by atoms with Gasteiger partial charge in [0.05, 0.1) is 0 Å². The number of aromatic hydroxyl groups is 3. The van der Waals surface area contributed by atoms with Gasteiger partial charge in [-0.25, -0.2) is 0 Å². The van der Waals surface area contributed by atoms with Crippen LogP contribution < -0.4 is 0 Å². The second-order valence-corrected chi connectivity index (χ2v) is 10.1. The van der Waals surface area contributed by atoms with Gasteiger partial charge in [-0.15, -0.1) is 0 Å². The maximum Gasteiger partial charge on any atom is 0.119 e. The molecule has 0 saturated carbocycles. The van der Waals surface area contributed by atoms with Crippen molar-refractivity contribution in [2.45, 2.75) is 52.4 Å². The number of hydrogen-bond donors (Lipinski definition) is 3. The summed E-state index contributed by atoms with van der Waals surface area (Å²) in [6, 6.07) is 25.6. The van der Waals surface area contributed by atoms with Crippen molar-refractivity contribution in [1.29, 1.82) is 0 Å². The molecule has 0 fully saturated rings. The Morgan fingerprint density at radius 2 is 1.23 bits per heavy atom. The van der Waals surface area contributed by atoms with Crippen LogP contribution >= 0.6 is 0 Å². The van der Waals surface area contributed by atoms with Crippen molar-refractivity contribution in [3.05, 3.63) is 123 Å². The van der Waals surface area contributed by atoms with Gasteiger partial charge in [0, 0.05) is 16.9 Å². The molecule has 4 rings (SSSR count). The molecule has 0 aliphatic rings. The molecular formula is C32H34O3. The van der Waals surface area contributed by atoms with E-state index >= 15 is 0 Å². The van der Waals surface area contributed by atoms with E-state index < -0.39 is 0 Å². The van der Waals surface area contributed by atoms with Crippen LogP contribution in [-0.2, 0) is 11.8 Å². The minimum atomic E-state index is -0.244. The van der Waals surface area contributed by atoms with Gasteiger partial charge in [0.25, 0.3) is 0 Å². The first kappa shape index (κ1) is 24.4. The number of rotatable bonds is 6. The normalized spacial score (nSPS) is 12.5. The summed E-state index contributed by atoms with van der Waals surface area (Å²) in [7, 11) is 0. The summed E-state index contributed by atoms with van der Waals surface area (Å²) in [5.41, 5.74) is 7.83. The van der Waals surface area contributed by atoms with Crippen molar-refractivity contribution in [1.82, 2.24) is 0 Å². The zero-order chi connectivity index (χ0) is 25.3. The molecule has 3 N–H and O–H groups in total. The molecule has 0 aliphatic heterocycles. The third-order valence-corrected chi connectivity index (χ3v) is 7.40. The Bertz CT molecular complexity index is 1310. The Balaban J connectivity index is 1.77. The van der Waals surface area contributed by atoms with Crippen LogP contribution in [0.4, 0.5) is 0 Å². The molecular weight excluding hydrogens is 432 g/mol. The van der Waals surface area contributed by atoms with Gasteiger partial charge in [-0.05, 0) is 84.3 Å². The first-order valence-electron chi connectivity index (χ1n) is 12.1. The molecule has 180 valence electrons. The lowest BCUT2D eigenvalue weighted by Gasteiger charge is -2.28. The first-order chi connectivity index (χ1) is 16.6. The van der Waals surface area contributed by atoms with Crippen LogP contribution in [0.2, 0.25) is 0 Å². The fourth-order valence-electron chi connectivity index (χ4n) is 5.00. The quantitative estimate of drug-likeness (QED) is 0.277. The van der Waals surface area contributed by atoms with Gasteiger partial charge in [-0.1, -0.05) is 74.5 Å². The van der Waals surface area contributed by atoms with Crippen molar-refractivity contribution < 1.29 is 15.3 Å². The third kappa shape index (κ3) is 4.77. The van der Waals surface area contributed by atoms with Gasteiger partial charge < -0.3 is 15.3 Å². The van der Waals surface area contributed by atoms with Gasteiger partial charge in [0.1, 0.15) is 17.2 Å². The fourth-order valence-corrected chi connectivity index (χ4v) is 5.00. The molecule has 0 radical (unpaired) electrons. The monoisotopic (exact) mass is 466 g/mol. The fraction of sp³-hybridized carbons (Fsp3) is 0.250. The Labute approximate surface area is 208 Å². The van der Waals surface area contributed by atoms with E-state index in [4.69, 9.17) is 0 Å². The molecule has 1 unspecified atom stereocenters. The lowest BCUT2D eigenvalue weighted by atomic mass is 9.76. The molecule has 0 amide bonds. The van der Waals surface area contributed by atoms with E-state index in [0.717, 1.165) is 44.5 Å². The lowest BCUT2D eigenvalue weighted by Crippen LogP contribution is -2.19. The van der Waals surface area contributed by atoms with Gasteiger partial charge in [0.15, 0.2) is 0 Å². The highest BCUT2D eigenvalue weighted by atomic mass is 16.3. The van der Waals surface area contributed by atoms with Crippen molar-refractivity contribution in [2.75, 3.05) is 0 Å². The number of benzene rings is 4. The minimum Gasteiger partial charge on any atom is -0.508 e. The molecule has 35 heavy (non-hydrogen) atoms. The molecule has 0 aliphatic carbocycles. The molecule has 4 aromatic carbocycles. The van der Waals surface area contributed by atoms with Crippen LogP contribution in [-0.4, -0.2) is 15.3 Å². The summed E-state index contributed by atoms with van der Waals surface area (Å²) in [5, 5.41) is 31.4. The van der Waals surface area contributed by atoms with E-state index in [1.165, 1.54) is 0 Å². The van der Waals surface area contributed by atoms with E-state index in [1.807, 2.05) is 57.2 Å². The lowest BCUT2D eigenvalue weighted by molar-refractivity contribution is 0.456. The Kier molecular flexibility index (Phi) is 6.62. The highest BCUT2D eigenvalue weighted by molar-refractivity contribution is 5.51. The summed E-state index contributed by atoms with van der Waals surface area (Å²) in [5.74, 6) is 0.743. The van der Waals surface area contributed by atoms with Crippen molar-refractivity contribution >= 4 is 0 Å². The largest absolute Gasteiger partial charge is 0.508 e. The SMILES string of the molecule is Cc1cc(C(C)(C)c2ccc(C(Cc3c(C)cccc3O)c3c(C)cccc3O)cc2)ccc1O. The van der Waals surface area contributed by atoms with Gasteiger partial charge >= 0.3 is 0 Å². The molecule has 0 aromatic heterocycles.